The van der Waals surface area contributed by atoms with Crippen LogP contribution in [-0.4, -0.2) is 36.4 Å². The standard InChI is InChI=1S/C14H16ClNO4S/c1-10-3-2-8-16(10)21(19,20)13-6-4-11(9-12(13)15)5-7-14(17)18/h4-7,9-10H,2-3,8H2,1H3,(H,17,18). The van der Waals surface area contributed by atoms with Gasteiger partial charge >= 0.3 is 5.97 Å². The van der Waals surface area contributed by atoms with Gasteiger partial charge in [0.1, 0.15) is 4.90 Å². The third kappa shape index (κ3) is 3.45. The van der Waals surface area contributed by atoms with Crippen molar-refractivity contribution in [2.75, 3.05) is 6.54 Å². The first-order valence-electron chi connectivity index (χ1n) is 6.55. The largest absolute Gasteiger partial charge is 0.478 e. The van der Waals surface area contributed by atoms with Gasteiger partial charge < -0.3 is 5.11 Å². The lowest BCUT2D eigenvalue weighted by molar-refractivity contribution is -0.131. The summed E-state index contributed by atoms with van der Waals surface area (Å²) < 4.78 is 26.6. The zero-order chi connectivity index (χ0) is 15.6. The highest BCUT2D eigenvalue weighted by Crippen LogP contribution is 2.30. The molecule has 0 spiro atoms. The molecule has 0 saturated carbocycles. The fourth-order valence-corrected chi connectivity index (χ4v) is 4.62. The summed E-state index contributed by atoms with van der Waals surface area (Å²) >= 11 is 6.07. The van der Waals surface area contributed by atoms with E-state index >= 15 is 0 Å². The van der Waals surface area contributed by atoms with E-state index in [-0.39, 0.29) is 16.0 Å². The fourth-order valence-electron chi connectivity index (χ4n) is 2.39. The average Bonchev–Trinajstić information content (AvgIpc) is 2.83. The highest BCUT2D eigenvalue weighted by molar-refractivity contribution is 7.89. The third-order valence-corrected chi connectivity index (χ3v) is 5.95. The van der Waals surface area contributed by atoms with E-state index in [9.17, 15) is 13.2 Å². The molecule has 5 nitrogen and oxygen atoms in total. The summed E-state index contributed by atoms with van der Waals surface area (Å²) in [6, 6.07) is 4.38. The number of carboxylic acid groups (broad SMARTS) is 1. The number of nitrogens with zero attached hydrogens (tertiary/aromatic N) is 1. The Hall–Kier alpha value is -1.37. The first-order chi connectivity index (χ1) is 9.82. The van der Waals surface area contributed by atoms with E-state index in [1.807, 2.05) is 6.92 Å². The molecule has 1 aromatic carbocycles. The van der Waals surface area contributed by atoms with E-state index in [0.29, 0.717) is 12.1 Å². The molecule has 0 aromatic heterocycles. The molecule has 1 aromatic rings. The van der Waals surface area contributed by atoms with E-state index in [1.165, 1.54) is 22.5 Å². The summed E-state index contributed by atoms with van der Waals surface area (Å²) in [5.41, 5.74) is 0.538. The summed E-state index contributed by atoms with van der Waals surface area (Å²) in [6.45, 7) is 2.38. The smallest absolute Gasteiger partial charge is 0.328 e. The number of carboxylic acids is 1. The van der Waals surface area contributed by atoms with Gasteiger partial charge in [-0.1, -0.05) is 17.7 Å². The van der Waals surface area contributed by atoms with Crippen molar-refractivity contribution in [2.45, 2.75) is 30.7 Å². The Morgan fingerprint density at radius 1 is 1.48 bits per heavy atom. The highest BCUT2D eigenvalue weighted by atomic mass is 35.5. The summed E-state index contributed by atoms with van der Waals surface area (Å²) in [5, 5.41) is 8.68. The van der Waals surface area contributed by atoms with Gasteiger partial charge in [0.25, 0.3) is 0 Å². The molecule has 7 heteroatoms. The molecule has 1 atom stereocenters. The Balaban J connectivity index is 2.34. The average molecular weight is 330 g/mol. The number of hydrogen-bond donors (Lipinski definition) is 1. The number of carbonyl (C=O) groups is 1. The molecule has 0 aliphatic carbocycles. The molecular weight excluding hydrogens is 314 g/mol. The third-order valence-electron chi connectivity index (χ3n) is 3.45. The molecule has 0 radical (unpaired) electrons. The Morgan fingerprint density at radius 2 is 2.19 bits per heavy atom. The summed E-state index contributed by atoms with van der Waals surface area (Å²) in [6.07, 6.45) is 4.03. The van der Waals surface area contributed by atoms with E-state index in [2.05, 4.69) is 0 Å². The Bertz CT molecular complexity index is 684. The van der Waals surface area contributed by atoms with Crippen LogP contribution in [0.4, 0.5) is 0 Å². The van der Waals surface area contributed by atoms with Gasteiger partial charge in [0, 0.05) is 18.7 Å². The van der Waals surface area contributed by atoms with E-state index in [1.54, 1.807) is 6.07 Å². The maximum Gasteiger partial charge on any atom is 0.328 e. The lowest BCUT2D eigenvalue weighted by Gasteiger charge is -2.21. The van der Waals surface area contributed by atoms with Gasteiger partial charge in [-0.05, 0) is 43.5 Å². The molecular formula is C14H16ClNO4S. The van der Waals surface area contributed by atoms with E-state index in [0.717, 1.165) is 18.9 Å². The molecule has 114 valence electrons. The van der Waals surface area contributed by atoms with Crippen molar-refractivity contribution >= 4 is 33.7 Å². The lowest BCUT2D eigenvalue weighted by atomic mass is 10.2. The topological polar surface area (TPSA) is 74.7 Å². The first-order valence-corrected chi connectivity index (χ1v) is 8.36. The van der Waals surface area contributed by atoms with Crippen LogP contribution in [0.5, 0.6) is 0 Å². The predicted molar refractivity (Wildman–Crippen MR) is 80.7 cm³/mol. The molecule has 2 rings (SSSR count). The number of aliphatic carboxylic acids is 1. The second kappa shape index (κ2) is 6.17. The molecule has 1 N–H and O–H groups in total. The molecule has 1 fully saturated rings. The zero-order valence-corrected chi connectivity index (χ0v) is 13.1. The van der Waals surface area contributed by atoms with Crippen LogP contribution in [0.2, 0.25) is 5.02 Å². The van der Waals surface area contributed by atoms with Gasteiger partial charge in [-0.3, -0.25) is 0 Å². The van der Waals surface area contributed by atoms with Crippen LogP contribution in [0.1, 0.15) is 25.3 Å². The summed E-state index contributed by atoms with van der Waals surface area (Å²) in [7, 11) is -3.61. The maximum absolute atomic E-state index is 12.6. The van der Waals surface area contributed by atoms with Crippen molar-refractivity contribution in [3.8, 4) is 0 Å². The van der Waals surface area contributed by atoms with Crippen LogP contribution in [-0.2, 0) is 14.8 Å². The van der Waals surface area contributed by atoms with Crippen LogP contribution >= 0.6 is 11.6 Å². The molecule has 1 aliphatic heterocycles. The van der Waals surface area contributed by atoms with Gasteiger partial charge in [-0.15, -0.1) is 0 Å². The maximum atomic E-state index is 12.6. The fraction of sp³-hybridized carbons (Fsp3) is 0.357. The van der Waals surface area contributed by atoms with E-state index < -0.39 is 16.0 Å². The summed E-state index contributed by atoms with van der Waals surface area (Å²) in [4.78, 5) is 10.5. The Kier molecular flexibility index (Phi) is 4.70. The van der Waals surface area contributed by atoms with Gasteiger partial charge in [0.05, 0.1) is 5.02 Å². The minimum atomic E-state index is -3.61. The molecule has 1 saturated heterocycles. The predicted octanol–water partition coefficient (Wildman–Crippen LogP) is 2.61. The molecule has 21 heavy (non-hydrogen) atoms. The van der Waals surface area contributed by atoms with Crippen molar-refractivity contribution in [3.63, 3.8) is 0 Å². The number of benzene rings is 1. The van der Waals surface area contributed by atoms with Crippen LogP contribution in [0.15, 0.2) is 29.2 Å². The van der Waals surface area contributed by atoms with Crippen LogP contribution in [0.3, 0.4) is 0 Å². The highest BCUT2D eigenvalue weighted by Gasteiger charge is 2.33. The zero-order valence-electron chi connectivity index (χ0n) is 11.5. The van der Waals surface area contributed by atoms with Crippen LogP contribution in [0.25, 0.3) is 6.08 Å². The number of sulfonamides is 1. The van der Waals surface area contributed by atoms with Crippen molar-refractivity contribution in [2.24, 2.45) is 0 Å². The van der Waals surface area contributed by atoms with Crippen molar-refractivity contribution in [1.29, 1.82) is 0 Å². The van der Waals surface area contributed by atoms with Crippen molar-refractivity contribution < 1.29 is 18.3 Å². The van der Waals surface area contributed by atoms with Crippen LogP contribution < -0.4 is 0 Å². The second-order valence-electron chi connectivity index (χ2n) is 4.97. The SMILES string of the molecule is CC1CCCN1S(=O)(=O)c1ccc(C=CC(=O)O)cc1Cl. The number of halogens is 1. The first kappa shape index (κ1) is 16.0. The molecule has 1 unspecified atom stereocenters. The number of hydrogen-bond acceptors (Lipinski definition) is 3. The van der Waals surface area contributed by atoms with Crippen molar-refractivity contribution in [3.05, 3.63) is 34.9 Å². The minimum Gasteiger partial charge on any atom is -0.478 e. The monoisotopic (exact) mass is 329 g/mol. The quantitative estimate of drug-likeness (QED) is 0.862. The van der Waals surface area contributed by atoms with Gasteiger partial charge in [0.2, 0.25) is 10.0 Å². The number of rotatable bonds is 4. The second-order valence-corrected chi connectivity index (χ2v) is 7.23. The molecule has 1 heterocycles. The normalized spacial score (nSPS) is 20.2. The molecule has 0 bridgehead atoms. The molecule has 1 aliphatic rings. The lowest BCUT2D eigenvalue weighted by Crippen LogP contribution is -2.33. The Morgan fingerprint density at radius 3 is 2.71 bits per heavy atom. The Labute approximate surface area is 128 Å². The van der Waals surface area contributed by atoms with Crippen molar-refractivity contribution in [1.82, 2.24) is 4.31 Å². The minimum absolute atomic E-state index is 0.0300. The van der Waals surface area contributed by atoms with E-state index in [4.69, 9.17) is 16.7 Å². The van der Waals surface area contributed by atoms with Gasteiger partial charge in [-0.2, -0.15) is 4.31 Å². The van der Waals surface area contributed by atoms with Gasteiger partial charge in [-0.25, -0.2) is 13.2 Å². The van der Waals surface area contributed by atoms with Crippen LogP contribution in [0, 0.1) is 0 Å². The summed E-state index contributed by atoms with van der Waals surface area (Å²) in [5.74, 6) is -1.08. The molecule has 0 amide bonds. The van der Waals surface area contributed by atoms with Gasteiger partial charge in [0.15, 0.2) is 0 Å².